The van der Waals surface area contributed by atoms with Gasteiger partial charge in [0.15, 0.2) is 0 Å². The van der Waals surface area contributed by atoms with Crippen molar-refractivity contribution in [2.75, 3.05) is 17.2 Å². The number of carbonyl (C=O) groups excluding carboxylic acids is 2. The Morgan fingerprint density at radius 1 is 0.929 bits per heavy atom. The van der Waals surface area contributed by atoms with Gasteiger partial charge in [0.25, 0.3) is 5.91 Å². The van der Waals surface area contributed by atoms with Crippen LogP contribution in [-0.4, -0.2) is 18.4 Å². The first kappa shape index (κ1) is 21.5. The van der Waals surface area contributed by atoms with E-state index in [0.717, 1.165) is 25.0 Å². The molecular formula is C23H30N2O3. The van der Waals surface area contributed by atoms with E-state index >= 15 is 0 Å². The van der Waals surface area contributed by atoms with Crippen LogP contribution < -0.4 is 15.4 Å². The van der Waals surface area contributed by atoms with Gasteiger partial charge in [0.1, 0.15) is 5.75 Å². The first-order valence-corrected chi connectivity index (χ1v) is 9.75. The summed E-state index contributed by atoms with van der Waals surface area (Å²) in [4.78, 5) is 24.6. The SMILES string of the molecule is CCCCCOc1ccc(C(=O)Nc2cccc(NC(=O)C(C)(C)C)c2)cc1. The van der Waals surface area contributed by atoms with Gasteiger partial charge in [0.2, 0.25) is 5.91 Å². The molecule has 0 aliphatic rings. The van der Waals surface area contributed by atoms with Crippen molar-refractivity contribution in [3.8, 4) is 5.75 Å². The Morgan fingerprint density at radius 3 is 2.18 bits per heavy atom. The minimum Gasteiger partial charge on any atom is -0.494 e. The molecule has 0 heterocycles. The number of hydrogen-bond donors (Lipinski definition) is 2. The van der Waals surface area contributed by atoms with E-state index in [4.69, 9.17) is 4.74 Å². The quantitative estimate of drug-likeness (QED) is 0.593. The molecule has 0 aliphatic heterocycles. The number of anilines is 2. The van der Waals surface area contributed by atoms with E-state index in [2.05, 4.69) is 17.6 Å². The lowest BCUT2D eigenvalue weighted by Crippen LogP contribution is -2.27. The van der Waals surface area contributed by atoms with Crippen LogP contribution in [0, 0.1) is 5.41 Å². The molecule has 28 heavy (non-hydrogen) atoms. The molecule has 5 heteroatoms. The van der Waals surface area contributed by atoms with Crippen LogP contribution in [0.3, 0.4) is 0 Å². The van der Waals surface area contributed by atoms with Crippen LogP contribution in [0.15, 0.2) is 48.5 Å². The fourth-order valence-electron chi connectivity index (χ4n) is 2.44. The molecule has 150 valence electrons. The lowest BCUT2D eigenvalue weighted by atomic mass is 9.95. The Hall–Kier alpha value is -2.82. The molecule has 0 radical (unpaired) electrons. The molecule has 2 amide bonds. The highest BCUT2D eigenvalue weighted by Crippen LogP contribution is 2.21. The first-order chi connectivity index (χ1) is 13.3. The third kappa shape index (κ3) is 6.72. The highest BCUT2D eigenvalue weighted by atomic mass is 16.5. The van der Waals surface area contributed by atoms with Crippen molar-refractivity contribution in [3.05, 3.63) is 54.1 Å². The zero-order valence-corrected chi connectivity index (χ0v) is 17.2. The van der Waals surface area contributed by atoms with E-state index in [1.807, 2.05) is 20.8 Å². The average molecular weight is 383 g/mol. The Bertz CT molecular complexity index is 792. The molecular weight excluding hydrogens is 352 g/mol. The molecule has 2 rings (SSSR count). The molecule has 5 nitrogen and oxygen atoms in total. The summed E-state index contributed by atoms with van der Waals surface area (Å²) in [7, 11) is 0. The Morgan fingerprint density at radius 2 is 1.57 bits per heavy atom. The first-order valence-electron chi connectivity index (χ1n) is 9.75. The summed E-state index contributed by atoms with van der Waals surface area (Å²) in [6.45, 7) is 8.40. The maximum Gasteiger partial charge on any atom is 0.255 e. The monoisotopic (exact) mass is 382 g/mol. The van der Waals surface area contributed by atoms with Crippen molar-refractivity contribution in [2.24, 2.45) is 5.41 Å². The van der Waals surface area contributed by atoms with Gasteiger partial charge in [0.05, 0.1) is 6.61 Å². The van der Waals surface area contributed by atoms with Gasteiger partial charge in [-0.1, -0.05) is 46.6 Å². The van der Waals surface area contributed by atoms with E-state index in [1.165, 1.54) is 0 Å². The third-order valence-electron chi connectivity index (χ3n) is 4.19. The standard InChI is InChI=1S/C23H30N2O3/c1-5-6-7-15-28-20-13-11-17(12-14-20)21(26)24-18-9-8-10-19(16-18)25-22(27)23(2,3)4/h8-14,16H,5-7,15H2,1-4H3,(H,24,26)(H,25,27). The van der Waals surface area contributed by atoms with Crippen LogP contribution in [0.25, 0.3) is 0 Å². The van der Waals surface area contributed by atoms with Crippen LogP contribution in [-0.2, 0) is 4.79 Å². The second kappa shape index (κ2) is 9.93. The van der Waals surface area contributed by atoms with Gasteiger partial charge in [-0.3, -0.25) is 9.59 Å². The van der Waals surface area contributed by atoms with Gasteiger partial charge < -0.3 is 15.4 Å². The molecule has 0 saturated heterocycles. The van der Waals surface area contributed by atoms with E-state index < -0.39 is 5.41 Å². The molecule has 0 aliphatic carbocycles. The minimum atomic E-state index is -0.486. The Kier molecular flexibility index (Phi) is 7.61. The summed E-state index contributed by atoms with van der Waals surface area (Å²) < 4.78 is 5.67. The number of ether oxygens (including phenoxy) is 1. The van der Waals surface area contributed by atoms with Gasteiger partial charge >= 0.3 is 0 Å². The molecule has 0 aromatic heterocycles. The van der Waals surface area contributed by atoms with Gasteiger partial charge in [-0.25, -0.2) is 0 Å². The predicted octanol–water partition coefficient (Wildman–Crippen LogP) is 5.49. The van der Waals surface area contributed by atoms with Crippen LogP contribution in [0.5, 0.6) is 5.75 Å². The summed E-state index contributed by atoms with van der Waals surface area (Å²) in [5.41, 5.74) is 1.33. The zero-order chi connectivity index (χ0) is 20.6. The van der Waals surface area contributed by atoms with Crippen LogP contribution >= 0.6 is 0 Å². The van der Waals surface area contributed by atoms with Crippen LogP contribution in [0.1, 0.15) is 57.3 Å². The topological polar surface area (TPSA) is 67.4 Å². The van der Waals surface area contributed by atoms with Crippen molar-refractivity contribution in [3.63, 3.8) is 0 Å². The van der Waals surface area contributed by atoms with Crippen LogP contribution in [0.2, 0.25) is 0 Å². The van der Waals surface area contributed by atoms with E-state index in [-0.39, 0.29) is 11.8 Å². The van der Waals surface area contributed by atoms with Crippen molar-refractivity contribution in [1.82, 2.24) is 0 Å². The van der Waals surface area contributed by atoms with Gasteiger partial charge in [-0.2, -0.15) is 0 Å². The number of benzene rings is 2. The lowest BCUT2D eigenvalue weighted by Gasteiger charge is -2.18. The van der Waals surface area contributed by atoms with Crippen molar-refractivity contribution >= 4 is 23.2 Å². The number of amides is 2. The molecule has 0 fully saturated rings. The lowest BCUT2D eigenvalue weighted by molar-refractivity contribution is -0.123. The normalized spacial score (nSPS) is 11.0. The molecule has 0 saturated carbocycles. The fourth-order valence-corrected chi connectivity index (χ4v) is 2.44. The molecule has 0 bridgehead atoms. The van der Waals surface area contributed by atoms with Crippen molar-refractivity contribution < 1.29 is 14.3 Å². The third-order valence-corrected chi connectivity index (χ3v) is 4.19. The van der Waals surface area contributed by atoms with Crippen molar-refractivity contribution in [2.45, 2.75) is 47.0 Å². The van der Waals surface area contributed by atoms with Crippen LogP contribution in [0.4, 0.5) is 11.4 Å². The van der Waals surface area contributed by atoms with Gasteiger partial charge in [-0.15, -0.1) is 0 Å². The van der Waals surface area contributed by atoms with E-state index in [1.54, 1.807) is 48.5 Å². The summed E-state index contributed by atoms with van der Waals surface area (Å²) in [5.74, 6) is 0.474. The average Bonchev–Trinajstić information content (AvgIpc) is 2.65. The number of unbranched alkanes of at least 4 members (excludes halogenated alkanes) is 2. The number of hydrogen-bond acceptors (Lipinski definition) is 3. The zero-order valence-electron chi connectivity index (χ0n) is 17.2. The summed E-state index contributed by atoms with van der Waals surface area (Å²) in [6.07, 6.45) is 3.33. The smallest absolute Gasteiger partial charge is 0.255 e. The summed E-state index contributed by atoms with van der Waals surface area (Å²) >= 11 is 0. The summed E-state index contributed by atoms with van der Waals surface area (Å²) in [6, 6.07) is 14.2. The number of carbonyl (C=O) groups is 2. The van der Waals surface area contributed by atoms with Gasteiger partial charge in [-0.05, 0) is 48.9 Å². The van der Waals surface area contributed by atoms with E-state index in [9.17, 15) is 9.59 Å². The second-order valence-corrected chi connectivity index (χ2v) is 7.82. The Labute approximate surface area is 167 Å². The second-order valence-electron chi connectivity index (χ2n) is 7.82. The highest BCUT2D eigenvalue weighted by molar-refractivity contribution is 6.04. The van der Waals surface area contributed by atoms with Gasteiger partial charge in [0, 0.05) is 22.4 Å². The predicted molar refractivity (Wildman–Crippen MR) is 114 cm³/mol. The molecule has 2 aromatic rings. The maximum atomic E-state index is 12.5. The minimum absolute atomic E-state index is 0.0782. The fraction of sp³-hybridized carbons (Fsp3) is 0.391. The number of nitrogens with one attached hydrogen (secondary N) is 2. The molecule has 0 spiro atoms. The van der Waals surface area contributed by atoms with E-state index in [0.29, 0.717) is 23.5 Å². The molecule has 0 unspecified atom stereocenters. The molecule has 2 N–H and O–H groups in total. The summed E-state index contributed by atoms with van der Waals surface area (Å²) in [5, 5.41) is 5.72. The number of rotatable bonds is 8. The molecule has 2 aromatic carbocycles. The molecule has 0 atom stereocenters. The van der Waals surface area contributed by atoms with Crippen molar-refractivity contribution in [1.29, 1.82) is 0 Å². The highest BCUT2D eigenvalue weighted by Gasteiger charge is 2.21. The largest absolute Gasteiger partial charge is 0.494 e. The maximum absolute atomic E-state index is 12.5. The Balaban J connectivity index is 1.95.